The molecule has 0 heterocycles. The van der Waals surface area contributed by atoms with Gasteiger partial charge in [-0.1, -0.05) is 152 Å². The summed E-state index contributed by atoms with van der Waals surface area (Å²) in [5.41, 5.74) is 5.34. The number of ether oxygens (including phenoxy) is 2. The van der Waals surface area contributed by atoms with Crippen molar-refractivity contribution in [1.29, 1.82) is 0 Å². The third-order valence-corrected chi connectivity index (χ3v) is 8.51. The van der Waals surface area contributed by atoms with Crippen LogP contribution in [0.4, 0.5) is 0 Å². The fraction of sp³-hybridized carbons (Fsp3) is 0.763. The first kappa shape index (κ1) is 45.5. The van der Waals surface area contributed by atoms with Gasteiger partial charge < -0.3 is 20.1 Å². The molecular weight excluding hydrogens is 613 g/mol. The average molecular weight is 684 g/mol. The summed E-state index contributed by atoms with van der Waals surface area (Å²) in [6.07, 6.45) is 40.0. The Balaban J connectivity index is 4.18. The molecule has 0 radical (unpaired) electrons. The Morgan fingerprint density at radius 2 is 1.15 bits per heavy atom. The van der Waals surface area contributed by atoms with Gasteiger partial charge in [-0.3, -0.25) is 13.8 Å². The Morgan fingerprint density at radius 1 is 0.660 bits per heavy atom. The van der Waals surface area contributed by atoms with Gasteiger partial charge in [0.2, 0.25) is 0 Å². The molecule has 47 heavy (non-hydrogen) atoms. The minimum atomic E-state index is -4.29. The molecule has 0 saturated heterocycles. The van der Waals surface area contributed by atoms with Gasteiger partial charge in [-0.2, -0.15) is 0 Å². The number of carbonyl (C=O) groups excluding carboxylic acids is 1. The monoisotopic (exact) mass is 683 g/mol. The smallest absolute Gasteiger partial charge is 0.457 e. The molecule has 0 aromatic rings. The Morgan fingerprint density at radius 3 is 1.66 bits per heavy atom. The number of nitrogens with two attached hydrogens (primary N) is 1. The molecule has 0 aliphatic rings. The zero-order valence-corrected chi connectivity index (χ0v) is 30.9. The Kier molecular flexibility index (Phi) is 34.6. The maximum atomic E-state index is 12.5. The fourth-order valence-electron chi connectivity index (χ4n) is 4.83. The third-order valence-electron chi connectivity index (χ3n) is 7.52. The van der Waals surface area contributed by atoms with E-state index in [1.165, 1.54) is 83.5 Å². The highest BCUT2D eigenvalue weighted by Gasteiger charge is 2.25. The summed E-state index contributed by atoms with van der Waals surface area (Å²) in [4.78, 5) is 22.3. The summed E-state index contributed by atoms with van der Waals surface area (Å²) in [6, 6.07) is 0. The van der Waals surface area contributed by atoms with Crippen molar-refractivity contribution >= 4 is 13.8 Å². The van der Waals surface area contributed by atoms with Crippen LogP contribution in [0.2, 0.25) is 0 Å². The lowest BCUT2D eigenvalue weighted by Crippen LogP contribution is -2.28. The van der Waals surface area contributed by atoms with E-state index in [1.807, 2.05) is 12.2 Å². The topological polar surface area (TPSA) is 117 Å². The maximum absolute atomic E-state index is 12.5. The van der Waals surface area contributed by atoms with Crippen LogP contribution in [0.5, 0.6) is 0 Å². The normalized spacial score (nSPS) is 14.2. The van der Waals surface area contributed by atoms with Gasteiger partial charge in [-0.15, -0.1) is 0 Å². The number of hydrogen-bond acceptors (Lipinski definition) is 7. The van der Waals surface area contributed by atoms with E-state index >= 15 is 0 Å². The predicted octanol–water partition coefficient (Wildman–Crippen LogP) is 10.5. The van der Waals surface area contributed by atoms with Crippen molar-refractivity contribution in [2.75, 3.05) is 33.0 Å². The van der Waals surface area contributed by atoms with E-state index in [0.717, 1.165) is 38.5 Å². The van der Waals surface area contributed by atoms with E-state index in [-0.39, 0.29) is 32.8 Å². The number of hydrogen-bond donors (Lipinski definition) is 2. The summed E-state index contributed by atoms with van der Waals surface area (Å²) in [6.45, 7) is 4.70. The number of esters is 1. The zero-order chi connectivity index (χ0) is 34.5. The number of allylic oxidation sites excluding steroid dienone is 8. The predicted molar refractivity (Wildman–Crippen MR) is 196 cm³/mol. The Labute approximate surface area is 288 Å². The summed E-state index contributed by atoms with van der Waals surface area (Å²) < 4.78 is 33.2. The van der Waals surface area contributed by atoms with E-state index in [2.05, 4.69) is 50.3 Å². The minimum absolute atomic E-state index is 0.0885. The summed E-state index contributed by atoms with van der Waals surface area (Å²) in [5.74, 6) is -0.410. The highest BCUT2D eigenvalue weighted by Crippen LogP contribution is 2.43. The molecule has 0 fully saturated rings. The molecule has 274 valence electrons. The maximum Gasteiger partial charge on any atom is 0.472 e. The number of phosphoric ester groups is 1. The van der Waals surface area contributed by atoms with Crippen LogP contribution in [0.3, 0.4) is 0 Å². The molecule has 8 nitrogen and oxygen atoms in total. The Hall–Kier alpha value is -1.54. The van der Waals surface area contributed by atoms with Gasteiger partial charge in [-0.25, -0.2) is 4.57 Å². The van der Waals surface area contributed by atoms with Crippen LogP contribution in [0.25, 0.3) is 0 Å². The molecule has 0 aliphatic carbocycles. The van der Waals surface area contributed by atoms with Gasteiger partial charge in [0, 0.05) is 19.6 Å². The van der Waals surface area contributed by atoms with Crippen molar-refractivity contribution in [3.05, 3.63) is 48.6 Å². The molecule has 3 N–H and O–H groups in total. The number of rotatable bonds is 35. The molecule has 0 amide bonds. The quantitative estimate of drug-likeness (QED) is 0.0293. The molecule has 0 aliphatic heterocycles. The minimum Gasteiger partial charge on any atom is -0.457 e. The van der Waals surface area contributed by atoms with Crippen molar-refractivity contribution in [3.8, 4) is 0 Å². The van der Waals surface area contributed by atoms with Gasteiger partial charge in [0.25, 0.3) is 0 Å². The van der Waals surface area contributed by atoms with Crippen molar-refractivity contribution in [2.24, 2.45) is 5.73 Å². The SMILES string of the molecule is CC/C=C\C/C=C\C/C=C\C/C=C\CCC(=O)OC(COCCCCCCCCCCCCCCCCC)COP(=O)(O)OCCN. The molecule has 2 unspecified atom stereocenters. The van der Waals surface area contributed by atoms with Gasteiger partial charge >= 0.3 is 13.8 Å². The summed E-state index contributed by atoms with van der Waals surface area (Å²) in [5, 5.41) is 0. The van der Waals surface area contributed by atoms with Crippen LogP contribution in [0.15, 0.2) is 48.6 Å². The first-order valence-corrected chi connectivity index (χ1v) is 20.1. The second-order valence-corrected chi connectivity index (χ2v) is 13.5. The number of phosphoric acid groups is 1. The van der Waals surface area contributed by atoms with E-state index in [1.54, 1.807) is 0 Å². The van der Waals surface area contributed by atoms with Gasteiger partial charge in [0.05, 0.1) is 19.8 Å². The van der Waals surface area contributed by atoms with Gasteiger partial charge in [0.15, 0.2) is 0 Å². The van der Waals surface area contributed by atoms with E-state index in [0.29, 0.717) is 13.0 Å². The van der Waals surface area contributed by atoms with Crippen molar-refractivity contribution in [2.45, 2.75) is 155 Å². The molecule has 0 spiro atoms. The lowest BCUT2D eigenvalue weighted by molar-refractivity contribution is -0.154. The molecule has 0 aromatic carbocycles. The van der Waals surface area contributed by atoms with E-state index in [9.17, 15) is 14.3 Å². The summed E-state index contributed by atoms with van der Waals surface area (Å²) >= 11 is 0. The Bertz CT molecular complexity index is 859. The average Bonchev–Trinajstić information content (AvgIpc) is 3.06. The summed E-state index contributed by atoms with van der Waals surface area (Å²) in [7, 11) is -4.29. The lowest BCUT2D eigenvalue weighted by atomic mass is 10.0. The van der Waals surface area contributed by atoms with Crippen LogP contribution in [0.1, 0.15) is 149 Å². The van der Waals surface area contributed by atoms with Crippen LogP contribution in [-0.2, 0) is 27.9 Å². The molecule has 2 atom stereocenters. The van der Waals surface area contributed by atoms with Crippen molar-refractivity contribution < 1.29 is 32.8 Å². The first-order valence-electron chi connectivity index (χ1n) is 18.6. The highest BCUT2D eigenvalue weighted by molar-refractivity contribution is 7.47. The second kappa shape index (κ2) is 35.8. The zero-order valence-electron chi connectivity index (χ0n) is 30.0. The van der Waals surface area contributed by atoms with E-state index < -0.39 is 19.9 Å². The molecule has 9 heteroatoms. The molecule has 0 bridgehead atoms. The molecule has 0 aromatic heterocycles. The van der Waals surface area contributed by atoms with Crippen molar-refractivity contribution in [3.63, 3.8) is 0 Å². The lowest BCUT2D eigenvalue weighted by Gasteiger charge is -2.20. The highest BCUT2D eigenvalue weighted by atomic mass is 31.2. The number of carbonyl (C=O) groups is 1. The second-order valence-electron chi connectivity index (χ2n) is 12.1. The van der Waals surface area contributed by atoms with Crippen LogP contribution in [-0.4, -0.2) is 49.9 Å². The number of unbranched alkanes of at least 4 members (excludes halogenated alkanes) is 14. The standard InChI is InChI=1S/C38H70NO7P/c1-3-5-7-9-11-13-15-17-18-20-22-24-26-28-30-33-43-35-37(36-45-47(41,42)44-34-32-39)46-38(40)31-29-27-25-23-21-19-16-14-12-10-8-6-4-2/h6,8,12,14,19,21,25,27,37H,3-5,7,9-11,13,15-18,20,22-24,26,28-36,39H2,1-2H3,(H,41,42)/b8-6-,14-12-,21-19-,27-25-. The fourth-order valence-corrected chi connectivity index (χ4v) is 5.60. The van der Waals surface area contributed by atoms with E-state index in [4.69, 9.17) is 24.3 Å². The largest absolute Gasteiger partial charge is 0.472 e. The molecule has 0 saturated carbocycles. The van der Waals surface area contributed by atoms with Crippen molar-refractivity contribution in [1.82, 2.24) is 0 Å². The van der Waals surface area contributed by atoms with Crippen LogP contribution in [0, 0.1) is 0 Å². The van der Waals surface area contributed by atoms with Gasteiger partial charge in [-0.05, 0) is 38.5 Å². The van der Waals surface area contributed by atoms with Gasteiger partial charge in [0.1, 0.15) is 6.10 Å². The third kappa shape index (κ3) is 35.6. The first-order chi connectivity index (χ1) is 22.9. The van der Waals surface area contributed by atoms with Crippen LogP contribution < -0.4 is 5.73 Å². The molecule has 0 rings (SSSR count). The molecular formula is C38H70NO7P. The van der Waals surface area contributed by atoms with Crippen LogP contribution >= 0.6 is 7.82 Å².